The molecule has 0 fully saturated rings. The van der Waals surface area contributed by atoms with E-state index in [1.54, 1.807) is 0 Å². The molecule has 0 bridgehead atoms. The normalized spacial score (nSPS) is 13.2. The van der Waals surface area contributed by atoms with Crippen LogP contribution in [0.4, 0.5) is 11.4 Å². The van der Waals surface area contributed by atoms with Crippen LogP contribution >= 0.6 is 0 Å². The number of fused-ring (bicyclic) bond motifs is 15. The largest absolute Gasteiger partial charge is 0.376 e. The summed E-state index contributed by atoms with van der Waals surface area (Å²) in [4.78, 5) is 2.61. The molecule has 174 valence electrons. The van der Waals surface area contributed by atoms with Crippen LogP contribution in [-0.4, -0.2) is 6.85 Å². The molecule has 7 aromatic rings. The quantitative estimate of drug-likeness (QED) is 0.199. The van der Waals surface area contributed by atoms with Crippen LogP contribution in [0.25, 0.3) is 54.6 Å². The summed E-state index contributed by atoms with van der Waals surface area (Å²) in [5.74, 6) is 0. The summed E-state index contributed by atoms with van der Waals surface area (Å²) in [5, 5.41) is 7.71. The van der Waals surface area contributed by atoms with Gasteiger partial charge in [0.2, 0.25) is 0 Å². The average Bonchev–Trinajstić information content (AvgIpc) is 2.98. The minimum atomic E-state index is 0.105. The fourth-order valence-corrected chi connectivity index (χ4v) is 6.92. The summed E-state index contributed by atoms with van der Waals surface area (Å²) >= 11 is 0. The Morgan fingerprint density at radius 3 is 1.79 bits per heavy atom. The SMILES string of the molecule is c1ccc2c(c1)B1c3cc4ccccc4cc3-c3cc4ccccc4cc3N1c1ccc3ccccc3c1-2. The molecule has 0 N–H and O–H groups in total. The van der Waals surface area contributed by atoms with Crippen LogP contribution in [0.5, 0.6) is 0 Å². The van der Waals surface area contributed by atoms with E-state index in [0.717, 1.165) is 0 Å². The predicted octanol–water partition coefficient (Wildman–Crippen LogP) is 8.05. The third kappa shape index (κ3) is 2.62. The second-order valence-corrected chi connectivity index (χ2v) is 10.5. The van der Waals surface area contributed by atoms with Crippen LogP contribution in [0.15, 0.2) is 133 Å². The molecule has 0 atom stereocenters. The number of benzene rings is 7. The highest BCUT2D eigenvalue weighted by Gasteiger charge is 2.42. The van der Waals surface area contributed by atoms with Crippen molar-refractivity contribution in [1.29, 1.82) is 0 Å². The smallest absolute Gasteiger partial charge is 0.329 e. The molecule has 0 saturated carbocycles. The first-order valence-electron chi connectivity index (χ1n) is 13.3. The molecule has 0 aliphatic carbocycles. The fourth-order valence-electron chi connectivity index (χ4n) is 6.92. The van der Waals surface area contributed by atoms with Gasteiger partial charge in [0.25, 0.3) is 0 Å². The van der Waals surface area contributed by atoms with E-state index in [2.05, 4.69) is 138 Å². The van der Waals surface area contributed by atoms with Gasteiger partial charge in [-0.2, -0.15) is 0 Å². The van der Waals surface area contributed by atoms with Crippen molar-refractivity contribution in [1.82, 2.24) is 0 Å². The minimum Gasteiger partial charge on any atom is -0.376 e. The van der Waals surface area contributed by atoms with Crippen molar-refractivity contribution in [2.75, 3.05) is 4.81 Å². The maximum Gasteiger partial charge on any atom is 0.329 e. The highest BCUT2D eigenvalue weighted by Crippen LogP contribution is 2.49. The van der Waals surface area contributed by atoms with Crippen molar-refractivity contribution in [3.8, 4) is 22.3 Å². The van der Waals surface area contributed by atoms with E-state index in [1.165, 1.54) is 76.9 Å². The van der Waals surface area contributed by atoms with Crippen molar-refractivity contribution >= 4 is 61.5 Å². The molecular formula is C36H22BN. The summed E-state index contributed by atoms with van der Waals surface area (Å²) in [5.41, 5.74) is 10.6. The van der Waals surface area contributed by atoms with E-state index < -0.39 is 0 Å². The van der Waals surface area contributed by atoms with Gasteiger partial charge in [0.05, 0.1) is 0 Å². The van der Waals surface area contributed by atoms with Gasteiger partial charge in [0, 0.05) is 22.5 Å². The summed E-state index contributed by atoms with van der Waals surface area (Å²) in [7, 11) is 0. The van der Waals surface area contributed by atoms with Crippen LogP contribution in [-0.2, 0) is 0 Å². The lowest BCUT2D eigenvalue weighted by Gasteiger charge is -2.44. The summed E-state index contributed by atoms with van der Waals surface area (Å²) < 4.78 is 0. The molecule has 2 heteroatoms. The zero-order valence-corrected chi connectivity index (χ0v) is 20.7. The van der Waals surface area contributed by atoms with Crippen LogP contribution in [0, 0.1) is 0 Å². The van der Waals surface area contributed by atoms with Crippen molar-refractivity contribution in [3.05, 3.63) is 133 Å². The summed E-state index contributed by atoms with van der Waals surface area (Å²) in [6.07, 6.45) is 0. The van der Waals surface area contributed by atoms with Crippen molar-refractivity contribution < 1.29 is 0 Å². The zero-order valence-electron chi connectivity index (χ0n) is 20.7. The molecule has 9 rings (SSSR count). The van der Waals surface area contributed by atoms with E-state index in [9.17, 15) is 0 Å². The molecular weight excluding hydrogens is 457 g/mol. The topological polar surface area (TPSA) is 3.24 Å². The zero-order chi connectivity index (χ0) is 24.8. The Bertz CT molecular complexity index is 2110. The van der Waals surface area contributed by atoms with Gasteiger partial charge in [-0.1, -0.05) is 109 Å². The highest BCUT2D eigenvalue weighted by molar-refractivity contribution is 6.92. The van der Waals surface area contributed by atoms with Gasteiger partial charge >= 0.3 is 6.85 Å². The molecule has 0 spiro atoms. The average molecular weight is 479 g/mol. The summed E-state index contributed by atoms with van der Waals surface area (Å²) in [6.45, 7) is 0.105. The van der Waals surface area contributed by atoms with Gasteiger partial charge in [-0.05, 0) is 78.6 Å². The van der Waals surface area contributed by atoms with Gasteiger partial charge in [0.15, 0.2) is 0 Å². The Morgan fingerprint density at radius 1 is 0.395 bits per heavy atom. The molecule has 0 radical (unpaired) electrons. The van der Waals surface area contributed by atoms with Crippen molar-refractivity contribution in [3.63, 3.8) is 0 Å². The van der Waals surface area contributed by atoms with Crippen LogP contribution in [0.3, 0.4) is 0 Å². The Hall–Kier alpha value is -4.82. The molecule has 2 heterocycles. The van der Waals surface area contributed by atoms with Gasteiger partial charge in [-0.15, -0.1) is 0 Å². The van der Waals surface area contributed by atoms with Crippen LogP contribution in [0.1, 0.15) is 0 Å². The third-order valence-corrected chi connectivity index (χ3v) is 8.58. The van der Waals surface area contributed by atoms with E-state index >= 15 is 0 Å². The van der Waals surface area contributed by atoms with E-state index in [4.69, 9.17) is 0 Å². The van der Waals surface area contributed by atoms with Gasteiger partial charge < -0.3 is 4.81 Å². The molecule has 38 heavy (non-hydrogen) atoms. The van der Waals surface area contributed by atoms with Crippen LogP contribution < -0.4 is 15.7 Å². The number of hydrogen-bond acceptors (Lipinski definition) is 1. The molecule has 0 saturated heterocycles. The molecule has 0 amide bonds. The van der Waals surface area contributed by atoms with E-state index in [0.29, 0.717) is 0 Å². The lowest BCUT2D eigenvalue weighted by atomic mass is 9.43. The van der Waals surface area contributed by atoms with Crippen molar-refractivity contribution in [2.45, 2.75) is 0 Å². The van der Waals surface area contributed by atoms with Gasteiger partial charge in [0.1, 0.15) is 0 Å². The molecule has 1 nitrogen and oxygen atoms in total. The summed E-state index contributed by atoms with van der Waals surface area (Å²) in [6, 6.07) is 49.6. The fraction of sp³-hybridized carbons (Fsp3) is 0. The number of rotatable bonds is 0. The minimum absolute atomic E-state index is 0.105. The Morgan fingerprint density at radius 2 is 1.00 bits per heavy atom. The lowest BCUT2D eigenvalue weighted by Crippen LogP contribution is -2.59. The first-order valence-corrected chi connectivity index (χ1v) is 13.3. The maximum absolute atomic E-state index is 2.61. The van der Waals surface area contributed by atoms with E-state index in [1.807, 2.05) is 0 Å². The third-order valence-electron chi connectivity index (χ3n) is 8.58. The second-order valence-electron chi connectivity index (χ2n) is 10.5. The van der Waals surface area contributed by atoms with Gasteiger partial charge in [-0.25, -0.2) is 0 Å². The molecule has 2 aliphatic rings. The second kappa shape index (κ2) is 7.37. The van der Waals surface area contributed by atoms with E-state index in [-0.39, 0.29) is 6.85 Å². The van der Waals surface area contributed by atoms with Gasteiger partial charge in [-0.3, -0.25) is 0 Å². The monoisotopic (exact) mass is 479 g/mol. The number of nitrogens with zero attached hydrogens (tertiary/aromatic N) is 1. The van der Waals surface area contributed by atoms with Crippen LogP contribution in [0.2, 0.25) is 0 Å². The first-order chi connectivity index (χ1) is 18.8. The molecule has 0 unspecified atom stereocenters. The number of anilines is 2. The lowest BCUT2D eigenvalue weighted by molar-refractivity contribution is 1.37. The highest BCUT2D eigenvalue weighted by atomic mass is 15.1. The molecule has 0 aromatic heterocycles. The predicted molar refractivity (Wildman–Crippen MR) is 163 cm³/mol. The Balaban J connectivity index is 1.47. The Labute approximate surface area is 221 Å². The standard InChI is InChI=1S/C36H22BN/c1-3-12-26-21-33-30(19-24(26)10-1)31-20-25-11-2-4-13-27(25)22-35(31)38-34-18-17-23-9-5-6-14-28(23)36(34)29-15-7-8-16-32(29)37(33)38/h1-22H. The van der Waals surface area contributed by atoms with Crippen molar-refractivity contribution in [2.24, 2.45) is 0 Å². The maximum atomic E-state index is 2.61. The number of hydrogen-bond donors (Lipinski definition) is 0. The Kier molecular flexibility index (Phi) is 3.93. The molecule has 7 aromatic carbocycles. The first kappa shape index (κ1) is 20.3. The molecule has 2 aliphatic heterocycles.